The maximum atomic E-state index is 4.67. The lowest BCUT2D eigenvalue weighted by atomic mass is 10.1. The highest BCUT2D eigenvalue weighted by atomic mass is 15.1. The average molecular weight is 306 g/mol. The molecule has 4 heteroatoms. The fraction of sp³-hybridized carbons (Fsp3) is 0.263. The molecular formula is C19H22N4. The Balaban J connectivity index is 2.02. The number of hydrogen-bond acceptors (Lipinski definition) is 4. The lowest BCUT2D eigenvalue weighted by Crippen LogP contribution is -2.06. The zero-order valence-corrected chi connectivity index (χ0v) is 13.9. The molecule has 0 saturated carbocycles. The Bertz CT molecular complexity index is 827. The lowest BCUT2D eigenvalue weighted by molar-refractivity contribution is 0.970. The zero-order chi connectivity index (χ0) is 16.2. The molecule has 0 spiro atoms. The molecule has 0 saturated heterocycles. The summed E-state index contributed by atoms with van der Waals surface area (Å²) in [5.74, 6) is 1.50. The van der Waals surface area contributed by atoms with Gasteiger partial charge in [0.2, 0.25) is 5.95 Å². The van der Waals surface area contributed by atoms with E-state index in [0.29, 0.717) is 5.95 Å². The number of fused-ring (bicyclic) bond motifs is 1. The first-order valence-electron chi connectivity index (χ1n) is 8.03. The molecule has 0 aliphatic carbocycles. The number of aromatic nitrogens is 2. The van der Waals surface area contributed by atoms with Crippen LogP contribution in [0.3, 0.4) is 0 Å². The van der Waals surface area contributed by atoms with Gasteiger partial charge in [0.1, 0.15) is 5.82 Å². The van der Waals surface area contributed by atoms with Crippen molar-refractivity contribution in [3.63, 3.8) is 0 Å². The van der Waals surface area contributed by atoms with Crippen LogP contribution in [0.2, 0.25) is 0 Å². The van der Waals surface area contributed by atoms with Gasteiger partial charge in [0, 0.05) is 17.6 Å². The van der Waals surface area contributed by atoms with E-state index in [0.717, 1.165) is 35.4 Å². The van der Waals surface area contributed by atoms with Crippen molar-refractivity contribution < 1.29 is 0 Å². The second kappa shape index (κ2) is 6.65. The summed E-state index contributed by atoms with van der Waals surface area (Å²) in [6.07, 6.45) is 1.05. The Kier molecular flexibility index (Phi) is 4.42. The first kappa shape index (κ1) is 15.3. The van der Waals surface area contributed by atoms with Crippen molar-refractivity contribution in [1.29, 1.82) is 0 Å². The third kappa shape index (κ3) is 3.26. The zero-order valence-electron chi connectivity index (χ0n) is 13.9. The first-order valence-corrected chi connectivity index (χ1v) is 8.03. The van der Waals surface area contributed by atoms with Gasteiger partial charge in [0.15, 0.2) is 0 Å². The Morgan fingerprint density at radius 1 is 0.957 bits per heavy atom. The van der Waals surface area contributed by atoms with Crippen molar-refractivity contribution in [3.05, 3.63) is 53.6 Å². The van der Waals surface area contributed by atoms with Crippen LogP contribution in [0.15, 0.2) is 42.5 Å². The number of anilines is 3. The molecule has 0 amide bonds. The first-order chi connectivity index (χ1) is 11.2. The van der Waals surface area contributed by atoms with E-state index in [9.17, 15) is 0 Å². The Morgan fingerprint density at radius 2 is 1.78 bits per heavy atom. The van der Waals surface area contributed by atoms with E-state index < -0.39 is 0 Å². The average Bonchev–Trinajstić information content (AvgIpc) is 2.57. The van der Waals surface area contributed by atoms with E-state index in [-0.39, 0.29) is 0 Å². The van der Waals surface area contributed by atoms with Crippen LogP contribution in [0.4, 0.5) is 17.5 Å². The maximum Gasteiger partial charge on any atom is 0.229 e. The molecule has 0 aliphatic heterocycles. The molecule has 4 nitrogen and oxygen atoms in total. The van der Waals surface area contributed by atoms with E-state index in [1.807, 2.05) is 24.3 Å². The summed E-state index contributed by atoms with van der Waals surface area (Å²) in [6.45, 7) is 7.25. The van der Waals surface area contributed by atoms with Crippen LogP contribution in [-0.4, -0.2) is 16.5 Å². The van der Waals surface area contributed by atoms with E-state index in [1.54, 1.807) is 0 Å². The molecule has 0 fully saturated rings. The summed E-state index contributed by atoms with van der Waals surface area (Å²) in [4.78, 5) is 9.32. The second-order valence-electron chi connectivity index (χ2n) is 5.71. The molecule has 1 aromatic heterocycles. The SMILES string of the molecule is CCCNc1nc(Nc2cccc(C)c2C)nc2ccccc12. The van der Waals surface area contributed by atoms with Crippen LogP contribution in [0.5, 0.6) is 0 Å². The van der Waals surface area contributed by atoms with E-state index in [2.05, 4.69) is 59.6 Å². The number of nitrogens with zero attached hydrogens (tertiary/aromatic N) is 2. The van der Waals surface area contributed by atoms with Gasteiger partial charge >= 0.3 is 0 Å². The van der Waals surface area contributed by atoms with Gasteiger partial charge < -0.3 is 10.6 Å². The van der Waals surface area contributed by atoms with Crippen LogP contribution in [0.25, 0.3) is 10.9 Å². The summed E-state index contributed by atoms with van der Waals surface area (Å²) in [5.41, 5.74) is 4.45. The predicted octanol–water partition coefficient (Wildman–Crippen LogP) is 4.81. The van der Waals surface area contributed by atoms with Crippen molar-refractivity contribution in [2.24, 2.45) is 0 Å². The largest absolute Gasteiger partial charge is 0.369 e. The van der Waals surface area contributed by atoms with Crippen LogP contribution in [0.1, 0.15) is 24.5 Å². The molecule has 1 heterocycles. The minimum Gasteiger partial charge on any atom is -0.369 e. The predicted molar refractivity (Wildman–Crippen MR) is 97.5 cm³/mol. The number of nitrogens with one attached hydrogen (secondary N) is 2. The van der Waals surface area contributed by atoms with Crippen LogP contribution in [-0.2, 0) is 0 Å². The van der Waals surface area contributed by atoms with Gasteiger partial charge in [-0.1, -0.05) is 31.2 Å². The molecular weight excluding hydrogens is 284 g/mol. The lowest BCUT2D eigenvalue weighted by Gasteiger charge is -2.13. The molecule has 0 bridgehead atoms. The molecule has 0 unspecified atom stereocenters. The number of benzene rings is 2. The van der Waals surface area contributed by atoms with Crippen molar-refractivity contribution in [2.45, 2.75) is 27.2 Å². The Labute approximate surface area is 137 Å². The van der Waals surface area contributed by atoms with Crippen molar-refractivity contribution >= 4 is 28.4 Å². The highest BCUT2D eigenvalue weighted by Gasteiger charge is 2.08. The van der Waals surface area contributed by atoms with Gasteiger partial charge in [-0.05, 0) is 49.6 Å². The van der Waals surface area contributed by atoms with Gasteiger partial charge in [-0.2, -0.15) is 4.98 Å². The molecule has 2 N–H and O–H groups in total. The Morgan fingerprint density at radius 3 is 2.61 bits per heavy atom. The summed E-state index contributed by atoms with van der Waals surface area (Å²) >= 11 is 0. The van der Waals surface area contributed by atoms with Crippen LogP contribution in [0, 0.1) is 13.8 Å². The highest BCUT2D eigenvalue weighted by Crippen LogP contribution is 2.25. The molecule has 3 aromatic rings. The molecule has 0 aliphatic rings. The van der Waals surface area contributed by atoms with Crippen LogP contribution < -0.4 is 10.6 Å². The fourth-order valence-corrected chi connectivity index (χ4v) is 2.52. The topological polar surface area (TPSA) is 49.8 Å². The van der Waals surface area contributed by atoms with Gasteiger partial charge in [0.25, 0.3) is 0 Å². The standard InChI is InChI=1S/C19H22N4/c1-4-12-20-18-15-9-5-6-10-17(15)22-19(23-18)21-16-11-7-8-13(2)14(16)3/h5-11H,4,12H2,1-3H3,(H2,20,21,22,23). The van der Waals surface area contributed by atoms with Gasteiger partial charge in [0.05, 0.1) is 5.52 Å². The Hall–Kier alpha value is -2.62. The number of rotatable bonds is 5. The highest BCUT2D eigenvalue weighted by molar-refractivity contribution is 5.90. The fourth-order valence-electron chi connectivity index (χ4n) is 2.52. The molecule has 0 atom stereocenters. The van der Waals surface area contributed by atoms with Crippen molar-refractivity contribution in [3.8, 4) is 0 Å². The number of aryl methyl sites for hydroxylation is 1. The third-order valence-corrected chi connectivity index (χ3v) is 4.00. The summed E-state index contributed by atoms with van der Waals surface area (Å²) in [7, 11) is 0. The van der Waals surface area contributed by atoms with E-state index in [4.69, 9.17) is 0 Å². The van der Waals surface area contributed by atoms with Gasteiger partial charge in [-0.3, -0.25) is 0 Å². The minimum atomic E-state index is 0.621. The second-order valence-corrected chi connectivity index (χ2v) is 5.71. The maximum absolute atomic E-state index is 4.67. The third-order valence-electron chi connectivity index (χ3n) is 4.00. The minimum absolute atomic E-state index is 0.621. The van der Waals surface area contributed by atoms with E-state index in [1.165, 1.54) is 11.1 Å². The number of para-hydroxylation sites is 1. The van der Waals surface area contributed by atoms with Gasteiger partial charge in [-0.15, -0.1) is 0 Å². The molecule has 118 valence electrons. The summed E-state index contributed by atoms with van der Waals surface area (Å²) in [6, 6.07) is 14.3. The smallest absolute Gasteiger partial charge is 0.229 e. The van der Waals surface area contributed by atoms with Gasteiger partial charge in [-0.25, -0.2) is 4.98 Å². The molecule has 2 aromatic carbocycles. The molecule has 3 rings (SSSR count). The van der Waals surface area contributed by atoms with Crippen molar-refractivity contribution in [2.75, 3.05) is 17.2 Å². The number of hydrogen-bond donors (Lipinski definition) is 2. The quantitative estimate of drug-likeness (QED) is 0.710. The van der Waals surface area contributed by atoms with E-state index >= 15 is 0 Å². The molecule has 23 heavy (non-hydrogen) atoms. The monoisotopic (exact) mass is 306 g/mol. The molecule has 0 radical (unpaired) electrons. The summed E-state index contributed by atoms with van der Waals surface area (Å²) in [5, 5.41) is 7.81. The van der Waals surface area contributed by atoms with Crippen LogP contribution >= 0.6 is 0 Å². The van der Waals surface area contributed by atoms with Crippen molar-refractivity contribution in [1.82, 2.24) is 9.97 Å². The normalized spacial score (nSPS) is 10.7. The summed E-state index contributed by atoms with van der Waals surface area (Å²) < 4.78 is 0.